The van der Waals surface area contributed by atoms with Crippen molar-refractivity contribution >= 4 is 44.3 Å². The summed E-state index contributed by atoms with van der Waals surface area (Å²) in [4.78, 5) is 2.63. The van der Waals surface area contributed by atoms with Crippen molar-refractivity contribution in [2.75, 3.05) is 0 Å². The lowest BCUT2D eigenvalue weighted by Gasteiger charge is -2.23. The van der Waals surface area contributed by atoms with Crippen LogP contribution < -0.4 is 0 Å². The first-order valence-corrected chi connectivity index (χ1v) is 15.2. The van der Waals surface area contributed by atoms with E-state index in [1.165, 1.54) is 81.4 Å². The molecule has 2 heteroatoms. The molecule has 1 aliphatic rings. The topological polar surface area (TPSA) is 4.93 Å². The van der Waals surface area contributed by atoms with Crippen molar-refractivity contribution in [2.24, 2.45) is 0 Å². The average molecular weight is 552 g/mol. The lowest BCUT2D eigenvalue weighted by atomic mass is 9.90. The standard InChI is InChI=1S/C40H25NS/c1-3-11-26(12-4-1)27-21-23-37-35(25-27)32-17-9-16-31-29(22-24-38(42-37)39(31)32)33-18-10-19-34-30-15-7-8-20-36(30)41(40(33)34)28-13-5-2-6-14-28/h1-25H. The number of benzene rings is 7. The van der Waals surface area contributed by atoms with Crippen molar-refractivity contribution in [3.63, 3.8) is 0 Å². The van der Waals surface area contributed by atoms with Gasteiger partial charge in [-0.25, -0.2) is 0 Å². The van der Waals surface area contributed by atoms with E-state index in [1.54, 1.807) is 0 Å². The molecule has 7 aromatic carbocycles. The smallest absolute Gasteiger partial charge is 0.0619 e. The fourth-order valence-electron chi connectivity index (χ4n) is 6.76. The molecule has 1 aromatic heterocycles. The highest BCUT2D eigenvalue weighted by Crippen LogP contribution is 2.51. The van der Waals surface area contributed by atoms with Crippen molar-refractivity contribution in [1.29, 1.82) is 0 Å². The van der Waals surface area contributed by atoms with Crippen LogP contribution in [0.5, 0.6) is 0 Å². The van der Waals surface area contributed by atoms with E-state index in [9.17, 15) is 0 Å². The maximum absolute atomic E-state index is 2.44. The van der Waals surface area contributed by atoms with Crippen LogP contribution in [0.2, 0.25) is 0 Å². The van der Waals surface area contributed by atoms with Gasteiger partial charge in [-0.3, -0.25) is 0 Å². The molecule has 0 saturated heterocycles. The van der Waals surface area contributed by atoms with Crippen LogP contribution in [0.3, 0.4) is 0 Å². The van der Waals surface area contributed by atoms with Gasteiger partial charge in [0, 0.05) is 37.2 Å². The van der Waals surface area contributed by atoms with Gasteiger partial charge in [0.1, 0.15) is 0 Å². The van der Waals surface area contributed by atoms with Crippen LogP contribution in [0.15, 0.2) is 161 Å². The van der Waals surface area contributed by atoms with Gasteiger partial charge in [0.15, 0.2) is 0 Å². The molecule has 0 fully saturated rings. The molecule has 0 atom stereocenters. The largest absolute Gasteiger partial charge is 0.309 e. The van der Waals surface area contributed by atoms with Crippen LogP contribution >= 0.6 is 11.8 Å². The van der Waals surface area contributed by atoms with E-state index in [2.05, 4.69) is 156 Å². The van der Waals surface area contributed by atoms with Crippen LogP contribution in [0.4, 0.5) is 0 Å². The number of hydrogen-bond acceptors (Lipinski definition) is 1. The number of hydrogen-bond donors (Lipinski definition) is 0. The zero-order valence-electron chi connectivity index (χ0n) is 22.8. The second-order valence-corrected chi connectivity index (χ2v) is 12.0. The Bertz CT molecular complexity index is 2310. The minimum atomic E-state index is 1.18. The molecule has 196 valence electrons. The van der Waals surface area contributed by atoms with Crippen molar-refractivity contribution in [3.05, 3.63) is 152 Å². The van der Waals surface area contributed by atoms with Gasteiger partial charge < -0.3 is 4.57 Å². The zero-order valence-corrected chi connectivity index (χ0v) is 23.6. The molecule has 2 heterocycles. The van der Waals surface area contributed by atoms with E-state index in [1.807, 2.05) is 11.8 Å². The summed E-state index contributed by atoms with van der Waals surface area (Å²) in [6.45, 7) is 0. The monoisotopic (exact) mass is 551 g/mol. The van der Waals surface area contributed by atoms with E-state index < -0.39 is 0 Å². The van der Waals surface area contributed by atoms with Gasteiger partial charge in [-0.2, -0.15) is 0 Å². The van der Waals surface area contributed by atoms with Gasteiger partial charge in [-0.15, -0.1) is 0 Å². The van der Waals surface area contributed by atoms with Gasteiger partial charge in [-0.1, -0.05) is 127 Å². The Balaban J connectivity index is 1.33. The highest BCUT2D eigenvalue weighted by molar-refractivity contribution is 7.99. The fourth-order valence-corrected chi connectivity index (χ4v) is 7.87. The van der Waals surface area contributed by atoms with Crippen LogP contribution in [0.25, 0.3) is 71.6 Å². The Kier molecular flexibility index (Phi) is 5.20. The van der Waals surface area contributed by atoms with Crippen LogP contribution in [-0.4, -0.2) is 4.57 Å². The van der Waals surface area contributed by atoms with Crippen molar-refractivity contribution in [1.82, 2.24) is 4.57 Å². The van der Waals surface area contributed by atoms with Gasteiger partial charge in [-0.05, 0) is 69.6 Å². The third-order valence-electron chi connectivity index (χ3n) is 8.60. The summed E-state index contributed by atoms with van der Waals surface area (Å²) in [6.07, 6.45) is 0. The molecular formula is C40H25NS. The molecule has 42 heavy (non-hydrogen) atoms. The van der Waals surface area contributed by atoms with Gasteiger partial charge in [0.05, 0.1) is 11.0 Å². The van der Waals surface area contributed by atoms with Crippen LogP contribution in [0.1, 0.15) is 0 Å². The molecule has 1 aliphatic heterocycles. The molecule has 0 unspecified atom stereocenters. The molecule has 0 spiro atoms. The predicted octanol–water partition coefficient (Wildman–Crippen LogP) is 11.4. The quantitative estimate of drug-likeness (QED) is 0.211. The Morgan fingerprint density at radius 2 is 1.10 bits per heavy atom. The second-order valence-electron chi connectivity index (χ2n) is 10.9. The summed E-state index contributed by atoms with van der Waals surface area (Å²) in [5.41, 5.74) is 11.3. The highest BCUT2D eigenvalue weighted by Gasteiger charge is 2.23. The summed E-state index contributed by atoms with van der Waals surface area (Å²) in [5.74, 6) is 0. The first-order chi connectivity index (χ1) is 20.8. The van der Waals surface area contributed by atoms with Crippen molar-refractivity contribution in [3.8, 4) is 39.1 Å². The molecule has 0 radical (unpaired) electrons. The molecule has 0 aliphatic carbocycles. The molecule has 1 nitrogen and oxygen atoms in total. The molecular weight excluding hydrogens is 527 g/mol. The molecule has 0 amide bonds. The van der Waals surface area contributed by atoms with E-state index >= 15 is 0 Å². The van der Waals surface area contributed by atoms with Crippen molar-refractivity contribution in [2.45, 2.75) is 9.79 Å². The van der Waals surface area contributed by atoms with Gasteiger partial charge >= 0.3 is 0 Å². The summed E-state index contributed by atoms with van der Waals surface area (Å²) in [5, 5.41) is 5.20. The minimum absolute atomic E-state index is 1.18. The van der Waals surface area contributed by atoms with Crippen molar-refractivity contribution < 1.29 is 0 Å². The normalized spacial score (nSPS) is 12.2. The van der Waals surface area contributed by atoms with Crippen LogP contribution in [-0.2, 0) is 0 Å². The average Bonchev–Trinajstić information content (AvgIpc) is 3.41. The predicted molar refractivity (Wildman–Crippen MR) is 179 cm³/mol. The summed E-state index contributed by atoms with van der Waals surface area (Å²) in [7, 11) is 0. The maximum Gasteiger partial charge on any atom is 0.0619 e. The lowest BCUT2D eigenvalue weighted by molar-refractivity contribution is 1.18. The fraction of sp³-hybridized carbons (Fsp3) is 0. The third kappa shape index (κ3) is 3.46. The van der Waals surface area contributed by atoms with E-state index in [0.29, 0.717) is 0 Å². The summed E-state index contributed by atoms with van der Waals surface area (Å²) >= 11 is 1.88. The number of fused-ring (bicyclic) bond motifs is 5. The molecule has 0 saturated carbocycles. The molecule has 0 N–H and O–H groups in total. The summed E-state index contributed by atoms with van der Waals surface area (Å²) < 4.78 is 2.44. The van der Waals surface area contributed by atoms with Crippen LogP contribution in [0, 0.1) is 0 Å². The summed E-state index contributed by atoms with van der Waals surface area (Å²) in [6, 6.07) is 55.4. The molecule has 8 aromatic rings. The van der Waals surface area contributed by atoms with E-state index in [4.69, 9.17) is 0 Å². The number of nitrogens with zero attached hydrogens (tertiary/aromatic N) is 1. The highest BCUT2D eigenvalue weighted by atomic mass is 32.2. The number of aromatic nitrogens is 1. The maximum atomic E-state index is 2.44. The first kappa shape index (κ1) is 23.6. The number of rotatable bonds is 3. The van der Waals surface area contributed by atoms with Gasteiger partial charge in [0.2, 0.25) is 0 Å². The first-order valence-electron chi connectivity index (χ1n) is 14.4. The lowest BCUT2D eigenvalue weighted by Crippen LogP contribution is -1.97. The Labute approximate surface area is 248 Å². The molecule has 9 rings (SSSR count). The Morgan fingerprint density at radius 3 is 1.95 bits per heavy atom. The van der Waals surface area contributed by atoms with Gasteiger partial charge in [0.25, 0.3) is 0 Å². The third-order valence-corrected chi connectivity index (χ3v) is 9.73. The number of para-hydroxylation sites is 3. The minimum Gasteiger partial charge on any atom is -0.309 e. The van der Waals surface area contributed by atoms with E-state index in [0.717, 1.165) is 0 Å². The zero-order chi connectivity index (χ0) is 27.6. The Hall–Kier alpha value is -5.05. The second kappa shape index (κ2) is 9.24. The van der Waals surface area contributed by atoms with E-state index in [-0.39, 0.29) is 0 Å². The molecule has 0 bridgehead atoms. The SMILES string of the molecule is c1ccc(-c2ccc3c(c2)-c2cccc4c(-c5cccc6c7ccccc7n(-c7ccccc7)c56)ccc(c24)S3)cc1. The Morgan fingerprint density at radius 1 is 0.405 bits per heavy atom.